The van der Waals surface area contributed by atoms with Gasteiger partial charge in [-0.05, 0) is 63.4 Å². The zero-order chi connectivity index (χ0) is 21.3. The Kier molecular flexibility index (Phi) is 6.37. The van der Waals surface area contributed by atoms with Crippen LogP contribution in [0.4, 0.5) is 0 Å². The van der Waals surface area contributed by atoms with E-state index in [0.29, 0.717) is 37.2 Å². The quantitative estimate of drug-likeness (QED) is 0.717. The molecule has 7 heteroatoms. The van der Waals surface area contributed by atoms with Gasteiger partial charge in [0.05, 0.1) is 12.7 Å². The van der Waals surface area contributed by atoms with E-state index in [0.717, 1.165) is 31.6 Å². The highest BCUT2D eigenvalue weighted by Crippen LogP contribution is 2.37. The van der Waals surface area contributed by atoms with Gasteiger partial charge in [0.25, 0.3) is 0 Å². The number of piperazine rings is 1. The number of hydrogen-bond donors (Lipinski definition) is 0. The summed E-state index contributed by atoms with van der Waals surface area (Å²) < 4.78 is 0. The van der Waals surface area contributed by atoms with Gasteiger partial charge in [-0.15, -0.1) is 0 Å². The number of carbonyl (C=O) groups excluding carboxylic acids is 2. The maximum absolute atomic E-state index is 13.6. The van der Waals surface area contributed by atoms with Gasteiger partial charge in [0, 0.05) is 31.2 Å². The average molecular weight is 433 g/mol. The standard InChI is InChI=1S/C23H33ClN4O2/c1-3-25-13-6-5-7-20(25)27-14-12-23(17-27)22(30)26(4-2)16-21(29)28(23)15-18-8-10-19(24)11-9-18/h8-11,20H,3-7,12-17H2,1-2H3. The highest BCUT2D eigenvalue weighted by Gasteiger charge is 2.56. The number of benzene rings is 1. The number of rotatable bonds is 5. The molecule has 2 unspecified atom stereocenters. The molecule has 2 atom stereocenters. The Balaban J connectivity index is 1.62. The lowest BCUT2D eigenvalue weighted by Gasteiger charge is -2.48. The fraction of sp³-hybridized carbons (Fsp3) is 0.652. The number of likely N-dealkylation sites (tertiary alicyclic amines) is 2. The number of amides is 2. The molecule has 4 rings (SSSR count). The van der Waals surface area contributed by atoms with Crippen molar-refractivity contribution >= 4 is 23.4 Å². The molecule has 164 valence electrons. The van der Waals surface area contributed by atoms with Gasteiger partial charge in [-0.3, -0.25) is 19.4 Å². The molecule has 30 heavy (non-hydrogen) atoms. The largest absolute Gasteiger partial charge is 0.332 e. The molecule has 3 aliphatic heterocycles. The minimum atomic E-state index is -0.762. The monoisotopic (exact) mass is 432 g/mol. The predicted molar refractivity (Wildman–Crippen MR) is 118 cm³/mol. The van der Waals surface area contributed by atoms with E-state index in [9.17, 15) is 9.59 Å². The molecule has 3 fully saturated rings. The maximum Gasteiger partial charge on any atom is 0.250 e. The molecule has 1 spiro atoms. The average Bonchev–Trinajstić information content (AvgIpc) is 3.21. The Labute approximate surface area is 184 Å². The van der Waals surface area contributed by atoms with Crippen LogP contribution in [0, 0.1) is 0 Å². The topological polar surface area (TPSA) is 47.1 Å². The van der Waals surface area contributed by atoms with E-state index in [1.165, 1.54) is 12.8 Å². The van der Waals surface area contributed by atoms with Gasteiger partial charge < -0.3 is 9.80 Å². The third-order valence-corrected chi connectivity index (χ3v) is 7.40. The molecule has 6 nitrogen and oxygen atoms in total. The van der Waals surface area contributed by atoms with Crippen LogP contribution in [0.3, 0.4) is 0 Å². The van der Waals surface area contributed by atoms with Crippen LogP contribution in [0.25, 0.3) is 0 Å². The third kappa shape index (κ3) is 3.85. The highest BCUT2D eigenvalue weighted by atomic mass is 35.5. The van der Waals surface area contributed by atoms with Crippen molar-refractivity contribution < 1.29 is 9.59 Å². The summed E-state index contributed by atoms with van der Waals surface area (Å²) in [5.41, 5.74) is 0.248. The summed E-state index contributed by atoms with van der Waals surface area (Å²) in [6.45, 7) is 9.00. The normalized spacial score (nSPS) is 28.7. The lowest BCUT2D eigenvalue weighted by molar-refractivity contribution is -0.165. The second-order valence-corrected chi connectivity index (χ2v) is 9.22. The second-order valence-electron chi connectivity index (χ2n) is 8.78. The van der Waals surface area contributed by atoms with Crippen molar-refractivity contribution in [2.75, 3.05) is 39.3 Å². The smallest absolute Gasteiger partial charge is 0.250 e. The SMILES string of the molecule is CCN1CC(=O)N(Cc2ccc(Cl)cc2)C2(CCN(C3CCCCN3CC)C2)C1=O. The zero-order valence-electron chi connectivity index (χ0n) is 18.1. The van der Waals surface area contributed by atoms with Crippen molar-refractivity contribution in [3.63, 3.8) is 0 Å². The van der Waals surface area contributed by atoms with Crippen molar-refractivity contribution in [2.45, 2.75) is 57.8 Å². The van der Waals surface area contributed by atoms with Crippen LogP contribution in [-0.4, -0.2) is 82.4 Å². The van der Waals surface area contributed by atoms with Gasteiger partial charge in [0.15, 0.2) is 0 Å². The van der Waals surface area contributed by atoms with E-state index in [1.54, 1.807) is 4.90 Å². The summed E-state index contributed by atoms with van der Waals surface area (Å²) >= 11 is 6.04. The van der Waals surface area contributed by atoms with Gasteiger partial charge in [-0.1, -0.05) is 30.7 Å². The van der Waals surface area contributed by atoms with E-state index in [1.807, 2.05) is 36.1 Å². The summed E-state index contributed by atoms with van der Waals surface area (Å²) in [5, 5.41) is 0.677. The maximum atomic E-state index is 13.6. The Morgan fingerprint density at radius 1 is 1.07 bits per heavy atom. The molecule has 2 amide bonds. The Bertz CT molecular complexity index is 786. The Morgan fingerprint density at radius 3 is 2.53 bits per heavy atom. The van der Waals surface area contributed by atoms with Crippen molar-refractivity contribution in [3.05, 3.63) is 34.9 Å². The van der Waals surface area contributed by atoms with Crippen LogP contribution in [0.1, 0.15) is 45.1 Å². The molecule has 0 radical (unpaired) electrons. The fourth-order valence-corrected chi connectivity index (χ4v) is 5.59. The lowest BCUT2D eigenvalue weighted by atomic mass is 9.90. The van der Waals surface area contributed by atoms with Gasteiger partial charge >= 0.3 is 0 Å². The number of piperidine rings is 1. The molecule has 1 aromatic rings. The van der Waals surface area contributed by atoms with Crippen LogP contribution in [-0.2, 0) is 16.1 Å². The molecule has 0 aliphatic carbocycles. The van der Waals surface area contributed by atoms with Crippen molar-refractivity contribution in [2.24, 2.45) is 0 Å². The van der Waals surface area contributed by atoms with Crippen LogP contribution in [0.2, 0.25) is 5.02 Å². The Hall–Kier alpha value is -1.63. The molecular weight excluding hydrogens is 400 g/mol. The molecule has 1 aromatic carbocycles. The van der Waals surface area contributed by atoms with E-state index in [4.69, 9.17) is 11.6 Å². The van der Waals surface area contributed by atoms with Crippen LogP contribution < -0.4 is 0 Å². The first-order valence-corrected chi connectivity index (χ1v) is 11.7. The first-order chi connectivity index (χ1) is 14.5. The number of hydrogen-bond acceptors (Lipinski definition) is 4. The molecule has 3 aliphatic rings. The summed E-state index contributed by atoms with van der Waals surface area (Å²) in [4.78, 5) is 35.4. The molecule has 3 heterocycles. The predicted octanol–water partition coefficient (Wildman–Crippen LogP) is 2.81. The number of nitrogens with zero attached hydrogens (tertiary/aromatic N) is 4. The summed E-state index contributed by atoms with van der Waals surface area (Å²) in [7, 11) is 0. The third-order valence-electron chi connectivity index (χ3n) is 7.15. The summed E-state index contributed by atoms with van der Waals surface area (Å²) in [6.07, 6.45) is 4.69. The molecule has 0 aromatic heterocycles. The zero-order valence-corrected chi connectivity index (χ0v) is 18.9. The lowest BCUT2D eigenvalue weighted by Crippen LogP contribution is -2.69. The van der Waals surface area contributed by atoms with Crippen molar-refractivity contribution in [1.82, 2.24) is 19.6 Å². The number of carbonyl (C=O) groups is 2. The van der Waals surface area contributed by atoms with Crippen LogP contribution in [0.15, 0.2) is 24.3 Å². The highest BCUT2D eigenvalue weighted by molar-refractivity contribution is 6.30. The van der Waals surface area contributed by atoms with Crippen molar-refractivity contribution in [3.8, 4) is 0 Å². The van der Waals surface area contributed by atoms with Gasteiger partial charge in [-0.2, -0.15) is 0 Å². The Morgan fingerprint density at radius 2 is 1.83 bits per heavy atom. The van der Waals surface area contributed by atoms with Crippen molar-refractivity contribution in [1.29, 1.82) is 0 Å². The molecule has 0 N–H and O–H groups in total. The van der Waals surface area contributed by atoms with Crippen LogP contribution in [0.5, 0.6) is 0 Å². The molecule has 0 bridgehead atoms. The minimum Gasteiger partial charge on any atom is -0.332 e. The molecule has 0 saturated carbocycles. The van der Waals surface area contributed by atoms with E-state index in [-0.39, 0.29) is 18.4 Å². The second kappa shape index (κ2) is 8.85. The van der Waals surface area contributed by atoms with Crippen LogP contribution >= 0.6 is 11.6 Å². The van der Waals surface area contributed by atoms with Gasteiger partial charge in [-0.25, -0.2) is 0 Å². The number of likely N-dealkylation sites (N-methyl/N-ethyl adjacent to an activating group) is 1. The van der Waals surface area contributed by atoms with E-state index < -0.39 is 5.54 Å². The summed E-state index contributed by atoms with van der Waals surface area (Å²) in [5.74, 6) is 0.157. The fourth-order valence-electron chi connectivity index (χ4n) is 5.46. The first kappa shape index (κ1) is 21.6. The molecule has 3 saturated heterocycles. The molecular formula is C23H33ClN4O2. The van der Waals surface area contributed by atoms with E-state index >= 15 is 0 Å². The van der Waals surface area contributed by atoms with E-state index in [2.05, 4.69) is 16.7 Å². The number of halogens is 1. The summed E-state index contributed by atoms with van der Waals surface area (Å²) in [6, 6.07) is 7.60. The first-order valence-electron chi connectivity index (χ1n) is 11.3. The minimum absolute atomic E-state index is 0.0456. The van der Waals surface area contributed by atoms with Gasteiger partial charge in [0.1, 0.15) is 5.54 Å². The van der Waals surface area contributed by atoms with Gasteiger partial charge in [0.2, 0.25) is 11.8 Å².